The normalized spacial score (nSPS) is 24.8. The van der Waals surface area contributed by atoms with Crippen LogP contribution in [0, 0.1) is 5.92 Å². The van der Waals surface area contributed by atoms with E-state index in [1.165, 1.54) is 7.11 Å². The van der Waals surface area contributed by atoms with Gasteiger partial charge in [0.25, 0.3) is 0 Å². The number of allylic oxidation sites excluding steroid dienone is 1. The zero-order chi connectivity index (χ0) is 10.9. The first kappa shape index (κ1) is 11.1. The first-order valence-electron chi connectivity index (χ1n) is 4.92. The fourth-order valence-electron chi connectivity index (χ4n) is 2.21. The second-order valence-electron chi connectivity index (χ2n) is 4.13. The second-order valence-corrected chi connectivity index (χ2v) is 4.13. The van der Waals surface area contributed by atoms with Crippen molar-refractivity contribution in [3.63, 3.8) is 0 Å². The van der Waals surface area contributed by atoms with Crippen LogP contribution in [0.3, 0.4) is 0 Å². The van der Waals surface area contributed by atoms with E-state index in [2.05, 4.69) is 6.92 Å². The van der Waals surface area contributed by atoms with Gasteiger partial charge in [0.2, 0.25) is 0 Å². The number of carbonyl (C=O) groups excluding carboxylic acids is 1. The molecule has 0 N–H and O–H groups in total. The lowest BCUT2D eigenvalue weighted by atomic mass is 9.84. The van der Waals surface area contributed by atoms with Gasteiger partial charge in [0.15, 0.2) is 0 Å². The van der Waals surface area contributed by atoms with E-state index in [4.69, 9.17) is 9.47 Å². The highest BCUT2D eigenvalue weighted by atomic mass is 16.5. The minimum atomic E-state index is -0.289. The number of methoxy groups -OCH3 is 1. The van der Waals surface area contributed by atoms with Gasteiger partial charge in [0.1, 0.15) is 11.4 Å². The summed E-state index contributed by atoms with van der Waals surface area (Å²) in [4.78, 5) is 11.5. The molecule has 3 heteroatoms. The number of hydrogen-bond donors (Lipinski definition) is 0. The van der Waals surface area contributed by atoms with Crippen LogP contribution < -0.4 is 0 Å². The van der Waals surface area contributed by atoms with Crippen molar-refractivity contribution in [2.24, 2.45) is 5.92 Å². The van der Waals surface area contributed by atoms with Crippen LogP contribution in [-0.2, 0) is 14.3 Å². The summed E-state index contributed by atoms with van der Waals surface area (Å²) >= 11 is 0. The molecule has 1 aliphatic heterocycles. The maximum absolute atomic E-state index is 11.5. The molecule has 0 saturated heterocycles. The van der Waals surface area contributed by atoms with Crippen LogP contribution in [0.5, 0.6) is 0 Å². The topological polar surface area (TPSA) is 35.5 Å². The summed E-state index contributed by atoms with van der Waals surface area (Å²) in [5.41, 5.74) is 0.405. The Kier molecular flexibility index (Phi) is 2.88. The predicted molar refractivity (Wildman–Crippen MR) is 53.7 cm³/mol. The highest BCUT2D eigenvalue weighted by Gasteiger charge is 2.43. The first-order valence-corrected chi connectivity index (χ1v) is 4.92. The Balaban J connectivity index is 3.02. The van der Waals surface area contributed by atoms with Gasteiger partial charge in [-0.15, -0.1) is 0 Å². The Morgan fingerprint density at radius 3 is 2.57 bits per heavy atom. The molecule has 0 amide bonds. The van der Waals surface area contributed by atoms with Crippen LogP contribution >= 0.6 is 0 Å². The van der Waals surface area contributed by atoms with Crippen molar-refractivity contribution in [2.45, 2.75) is 39.7 Å². The number of carbonyl (C=O) groups is 1. The van der Waals surface area contributed by atoms with E-state index in [0.29, 0.717) is 11.3 Å². The molecular formula is C11H18O3. The molecule has 0 spiro atoms. The lowest BCUT2D eigenvalue weighted by molar-refractivity contribution is -0.136. The van der Waals surface area contributed by atoms with E-state index in [1.807, 2.05) is 20.8 Å². The molecule has 0 saturated carbocycles. The smallest absolute Gasteiger partial charge is 0.337 e. The Bertz CT molecular complexity index is 276. The van der Waals surface area contributed by atoms with Crippen LogP contribution in [0.4, 0.5) is 0 Å². The minimum Gasteiger partial charge on any atom is -0.491 e. The van der Waals surface area contributed by atoms with E-state index in [0.717, 1.165) is 6.42 Å². The van der Waals surface area contributed by atoms with Gasteiger partial charge in [-0.05, 0) is 27.2 Å². The molecule has 0 aromatic carbocycles. The van der Waals surface area contributed by atoms with E-state index >= 15 is 0 Å². The molecule has 3 nitrogen and oxygen atoms in total. The minimum absolute atomic E-state index is 0.134. The van der Waals surface area contributed by atoms with Crippen LogP contribution in [-0.4, -0.2) is 18.7 Å². The quantitative estimate of drug-likeness (QED) is 0.638. The van der Waals surface area contributed by atoms with E-state index in [1.54, 1.807) is 0 Å². The molecule has 1 rings (SSSR count). The molecule has 0 radical (unpaired) electrons. The highest BCUT2D eigenvalue weighted by molar-refractivity contribution is 5.90. The Morgan fingerprint density at radius 1 is 1.57 bits per heavy atom. The molecule has 1 atom stereocenters. The lowest BCUT2D eigenvalue weighted by Gasteiger charge is -2.26. The number of ether oxygens (including phenoxy) is 2. The average Bonchev–Trinajstić information content (AvgIpc) is 2.33. The summed E-state index contributed by atoms with van der Waals surface area (Å²) in [6.45, 7) is 7.88. The van der Waals surface area contributed by atoms with Gasteiger partial charge in [-0.2, -0.15) is 0 Å². The third-order valence-electron chi connectivity index (χ3n) is 2.80. The van der Waals surface area contributed by atoms with Gasteiger partial charge in [0, 0.05) is 5.92 Å². The summed E-state index contributed by atoms with van der Waals surface area (Å²) in [6, 6.07) is 0. The van der Waals surface area contributed by atoms with Crippen LogP contribution in [0.2, 0.25) is 0 Å². The molecule has 0 fully saturated rings. The molecule has 1 aliphatic rings. The van der Waals surface area contributed by atoms with E-state index in [-0.39, 0.29) is 17.5 Å². The monoisotopic (exact) mass is 198 g/mol. The van der Waals surface area contributed by atoms with Gasteiger partial charge in [-0.1, -0.05) is 6.92 Å². The average molecular weight is 198 g/mol. The van der Waals surface area contributed by atoms with Crippen molar-refractivity contribution in [3.8, 4) is 0 Å². The van der Waals surface area contributed by atoms with Crippen molar-refractivity contribution >= 4 is 5.97 Å². The highest BCUT2D eigenvalue weighted by Crippen LogP contribution is 2.41. The molecule has 1 unspecified atom stereocenters. The Labute approximate surface area is 85.1 Å². The van der Waals surface area contributed by atoms with E-state index in [9.17, 15) is 4.79 Å². The number of rotatable bonds is 2. The second kappa shape index (κ2) is 3.64. The molecular weight excluding hydrogens is 180 g/mol. The van der Waals surface area contributed by atoms with Crippen molar-refractivity contribution in [2.75, 3.05) is 7.11 Å². The fraction of sp³-hybridized carbons (Fsp3) is 0.727. The SMILES string of the molecule is CCC1C(C(=O)OC)=C(C)OC1(C)C. The van der Waals surface area contributed by atoms with Crippen molar-refractivity contribution in [3.05, 3.63) is 11.3 Å². The van der Waals surface area contributed by atoms with Crippen molar-refractivity contribution < 1.29 is 14.3 Å². The lowest BCUT2D eigenvalue weighted by Crippen LogP contribution is -2.30. The maximum atomic E-state index is 11.5. The molecule has 0 bridgehead atoms. The first-order chi connectivity index (χ1) is 6.44. The summed E-state index contributed by atoms with van der Waals surface area (Å²) in [6.07, 6.45) is 0.884. The van der Waals surface area contributed by atoms with Crippen molar-refractivity contribution in [1.82, 2.24) is 0 Å². The predicted octanol–water partition coefficient (Wildman–Crippen LogP) is 2.27. The Hall–Kier alpha value is -0.990. The molecule has 0 aromatic rings. The van der Waals surface area contributed by atoms with Crippen molar-refractivity contribution in [1.29, 1.82) is 0 Å². The summed E-state index contributed by atoms with van der Waals surface area (Å²) < 4.78 is 10.4. The van der Waals surface area contributed by atoms with Gasteiger partial charge in [0.05, 0.1) is 12.7 Å². The largest absolute Gasteiger partial charge is 0.491 e. The van der Waals surface area contributed by atoms with Gasteiger partial charge < -0.3 is 9.47 Å². The number of esters is 1. The zero-order valence-electron chi connectivity index (χ0n) is 9.51. The molecule has 0 aliphatic carbocycles. The maximum Gasteiger partial charge on any atom is 0.337 e. The number of hydrogen-bond acceptors (Lipinski definition) is 3. The van der Waals surface area contributed by atoms with Gasteiger partial charge in [-0.25, -0.2) is 4.79 Å². The third-order valence-corrected chi connectivity index (χ3v) is 2.80. The van der Waals surface area contributed by atoms with Gasteiger partial charge in [-0.3, -0.25) is 0 Å². The molecule has 0 aromatic heterocycles. The molecule has 14 heavy (non-hydrogen) atoms. The van der Waals surface area contributed by atoms with Crippen LogP contribution in [0.15, 0.2) is 11.3 Å². The molecule has 80 valence electrons. The van der Waals surface area contributed by atoms with Crippen LogP contribution in [0.25, 0.3) is 0 Å². The summed E-state index contributed by atoms with van der Waals surface area (Å²) in [5.74, 6) is 0.573. The summed E-state index contributed by atoms with van der Waals surface area (Å²) in [5, 5.41) is 0. The third kappa shape index (κ3) is 1.63. The zero-order valence-corrected chi connectivity index (χ0v) is 9.51. The fourth-order valence-corrected chi connectivity index (χ4v) is 2.21. The van der Waals surface area contributed by atoms with Gasteiger partial charge >= 0.3 is 5.97 Å². The Morgan fingerprint density at radius 2 is 2.14 bits per heavy atom. The van der Waals surface area contributed by atoms with E-state index < -0.39 is 0 Å². The standard InChI is InChI=1S/C11H18O3/c1-6-8-9(10(12)13-5)7(2)14-11(8,3)4/h8H,6H2,1-5H3. The molecule has 1 heterocycles. The van der Waals surface area contributed by atoms with Crippen LogP contribution in [0.1, 0.15) is 34.1 Å². The summed E-state index contributed by atoms with van der Waals surface area (Å²) in [7, 11) is 1.40.